The van der Waals surface area contributed by atoms with Crippen molar-refractivity contribution in [2.75, 3.05) is 18.0 Å². The van der Waals surface area contributed by atoms with E-state index < -0.39 is 5.97 Å². The quantitative estimate of drug-likeness (QED) is 0.851. The highest BCUT2D eigenvalue weighted by Gasteiger charge is 2.13. The molecule has 4 heteroatoms. The fourth-order valence-corrected chi connectivity index (χ4v) is 2.42. The van der Waals surface area contributed by atoms with Crippen LogP contribution < -0.4 is 4.90 Å². The minimum Gasteiger partial charge on any atom is -0.478 e. The fourth-order valence-electron chi connectivity index (χ4n) is 1.88. The van der Waals surface area contributed by atoms with E-state index in [1.807, 2.05) is 12.1 Å². The van der Waals surface area contributed by atoms with Crippen LogP contribution in [0.3, 0.4) is 0 Å². The number of anilines is 1. The second kappa shape index (κ2) is 4.92. The van der Waals surface area contributed by atoms with Crippen molar-refractivity contribution >= 4 is 27.6 Å². The smallest absolute Gasteiger partial charge is 0.336 e. The molecule has 17 heavy (non-hydrogen) atoms. The van der Waals surface area contributed by atoms with Crippen LogP contribution in [0.2, 0.25) is 0 Å². The van der Waals surface area contributed by atoms with Crippen molar-refractivity contribution in [2.24, 2.45) is 0 Å². The van der Waals surface area contributed by atoms with E-state index in [0.717, 1.165) is 25.2 Å². The number of rotatable bonds is 2. The van der Waals surface area contributed by atoms with Crippen LogP contribution in [-0.2, 0) is 0 Å². The minimum atomic E-state index is -0.905. The van der Waals surface area contributed by atoms with Gasteiger partial charge in [0.25, 0.3) is 0 Å². The second-order valence-electron chi connectivity index (χ2n) is 4.22. The lowest BCUT2D eigenvalue weighted by Gasteiger charge is -2.27. The second-order valence-corrected chi connectivity index (χ2v) is 5.07. The predicted molar refractivity (Wildman–Crippen MR) is 71.7 cm³/mol. The zero-order valence-corrected chi connectivity index (χ0v) is 11.2. The number of carboxylic acids is 1. The Labute approximate surface area is 109 Å². The molecule has 0 bridgehead atoms. The summed E-state index contributed by atoms with van der Waals surface area (Å²) in [6, 6.07) is 5.38. The third-order valence-electron chi connectivity index (χ3n) is 2.98. The molecular formula is C13H14BrNO2. The first-order valence-electron chi connectivity index (χ1n) is 5.51. The zero-order chi connectivity index (χ0) is 12.4. The van der Waals surface area contributed by atoms with Crippen molar-refractivity contribution in [2.45, 2.75) is 13.3 Å². The molecule has 1 aromatic rings. The Balaban J connectivity index is 2.23. The molecule has 1 N–H and O–H groups in total. The first-order valence-corrected chi connectivity index (χ1v) is 6.30. The van der Waals surface area contributed by atoms with Gasteiger partial charge in [0, 0.05) is 23.2 Å². The molecule has 0 fully saturated rings. The van der Waals surface area contributed by atoms with E-state index >= 15 is 0 Å². The number of nitrogens with zero attached hydrogens (tertiary/aromatic N) is 1. The van der Waals surface area contributed by atoms with E-state index in [1.54, 1.807) is 6.07 Å². The summed E-state index contributed by atoms with van der Waals surface area (Å²) in [5, 5.41) is 8.95. The Hall–Kier alpha value is -1.29. The van der Waals surface area contributed by atoms with Crippen LogP contribution in [-0.4, -0.2) is 24.2 Å². The maximum atomic E-state index is 10.9. The first-order chi connectivity index (χ1) is 8.08. The van der Waals surface area contributed by atoms with Gasteiger partial charge in [-0.3, -0.25) is 0 Å². The van der Waals surface area contributed by atoms with Crippen LogP contribution in [0.1, 0.15) is 23.7 Å². The summed E-state index contributed by atoms with van der Waals surface area (Å²) in [4.78, 5) is 13.1. The fraction of sp³-hybridized carbons (Fsp3) is 0.308. The van der Waals surface area contributed by atoms with Crippen LogP contribution in [0.25, 0.3) is 0 Å². The van der Waals surface area contributed by atoms with Gasteiger partial charge in [-0.05, 0) is 47.5 Å². The molecule has 0 aliphatic carbocycles. The summed E-state index contributed by atoms with van der Waals surface area (Å²) >= 11 is 3.30. The molecule has 1 aliphatic heterocycles. The molecule has 90 valence electrons. The van der Waals surface area contributed by atoms with Gasteiger partial charge in [0.05, 0.1) is 5.56 Å². The number of aromatic carboxylic acids is 1. The lowest BCUT2D eigenvalue weighted by molar-refractivity contribution is 0.0696. The van der Waals surface area contributed by atoms with Crippen molar-refractivity contribution < 1.29 is 9.90 Å². The number of benzene rings is 1. The summed E-state index contributed by atoms with van der Waals surface area (Å²) in [6.07, 6.45) is 3.28. The van der Waals surface area contributed by atoms with E-state index in [4.69, 9.17) is 5.11 Å². The molecule has 1 aromatic carbocycles. The standard InChI is InChI=1S/C13H14BrNO2/c1-9-4-6-15(7-5-9)10-2-3-11(13(16)17)12(14)8-10/h2-4,8H,5-7H2,1H3,(H,16,17). The van der Waals surface area contributed by atoms with E-state index in [-0.39, 0.29) is 0 Å². The highest BCUT2D eigenvalue weighted by atomic mass is 79.9. The van der Waals surface area contributed by atoms with Gasteiger partial charge in [-0.25, -0.2) is 4.79 Å². The predicted octanol–water partition coefficient (Wildman–Crippen LogP) is 3.30. The monoisotopic (exact) mass is 295 g/mol. The Kier molecular flexibility index (Phi) is 3.52. The van der Waals surface area contributed by atoms with Gasteiger partial charge >= 0.3 is 5.97 Å². The lowest BCUT2D eigenvalue weighted by Crippen LogP contribution is -2.28. The summed E-state index contributed by atoms with van der Waals surface area (Å²) < 4.78 is 0.633. The van der Waals surface area contributed by atoms with Gasteiger partial charge in [-0.1, -0.05) is 11.6 Å². The van der Waals surface area contributed by atoms with Crippen LogP contribution in [0, 0.1) is 0 Å². The van der Waals surface area contributed by atoms with Gasteiger partial charge in [0.15, 0.2) is 0 Å². The van der Waals surface area contributed by atoms with Gasteiger partial charge in [0.2, 0.25) is 0 Å². The Bertz CT molecular complexity index is 482. The summed E-state index contributed by atoms with van der Waals surface area (Å²) in [5.41, 5.74) is 2.78. The molecule has 0 atom stereocenters. The molecule has 0 spiro atoms. The van der Waals surface area contributed by atoms with Crippen LogP contribution in [0.4, 0.5) is 5.69 Å². The molecule has 0 saturated heterocycles. The zero-order valence-electron chi connectivity index (χ0n) is 9.61. The molecule has 0 saturated carbocycles. The highest BCUT2D eigenvalue weighted by Crippen LogP contribution is 2.26. The Morgan fingerprint density at radius 1 is 1.47 bits per heavy atom. The SMILES string of the molecule is CC1=CCN(c2ccc(C(=O)O)c(Br)c2)CC1. The third-order valence-corrected chi connectivity index (χ3v) is 3.64. The van der Waals surface area contributed by atoms with Crippen molar-refractivity contribution in [1.82, 2.24) is 0 Å². The number of hydrogen-bond donors (Lipinski definition) is 1. The van der Waals surface area contributed by atoms with Crippen molar-refractivity contribution in [3.8, 4) is 0 Å². The Morgan fingerprint density at radius 3 is 2.76 bits per heavy atom. The molecule has 0 amide bonds. The third kappa shape index (κ3) is 2.69. The average molecular weight is 296 g/mol. The van der Waals surface area contributed by atoms with E-state index in [9.17, 15) is 4.79 Å². The highest BCUT2D eigenvalue weighted by molar-refractivity contribution is 9.10. The Morgan fingerprint density at radius 2 is 2.24 bits per heavy atom. The largest absolute Gasteiger partial charge is 0.478 e. The van der Waals surface area contributed by atoms with Gasteiger partial charge in [0.1, 0.15) is 0 Å². The van der Waals surface area contributed by atoms with Gasteiger partial charge < -0.3 is 10.0 Å². The van der Waals surface area contributed by atoms with E-state index in [1.165, 1.54) is 5.57 Å². The molecule has 0 aromatic heterocycles. The molecular weight excluding hydrogens is 282 g/mol. The van der Waals surface area contributed by atoms with Crippen molar-refractivity contribution in [3.05, 3.63) is 39.9 Å². The minimum absolute atomic E-state index is 0.303. The lowest BCUT2D eigenvalue weighted by atomic mass is 10.1. The number of halogens is 1. The number of carbonyl (C=O) groups is 1. The first kappa shape index (κ1) is 12.2. The summed E-state index contributed by atoms with van der Waals surface area (Å²) in [6.45, 7) is 4.02. The molecule has 0 radical (unpaired) electrons. The number of carboxylic acid groups (broad SMARTS) is 1. The van der Waals surface area contributed by atoms with Crippen LogP contribution in [0.15, 0.2) is 34.3 Å². The van der Waals surface area contributed by atoms with Crippen LogP contribution >= 0.6 is 15.9 Å². The summed E-state index contributed by atoms with van der Waals surface area (Å²) in [5.74, 6) is -0.905. The summed E-state index contributed by atoms with van der Waals surface area (Å²) in [7, 11) is 0. The van der Waals surface area contributed by atoms with Gasteiger partial charge in [-0.2, -0.15) is 0 Å². The maximum absolute atomic E-state index is 10.9. The normalized spacial score (nSPS) is 15.6. The maximum Gasteiger partial charge on any atom is 0.336 e. The molecule has 2 rings (SSSR count). The molecule has 1 aliphatic rings. The molecule has 3 nitrogen and oxygen atoms in total. The average Bonchev–Trinajstić information content (AvgIpc) is 2.29. The van der Waals surface area contributed by atoms with Gasteiger partial charge in [-0.15, -0.1) is 0 Å². The van der Waals surface area contributed by atoms with Crippen molar-refractivity contribution in [1.29, 1.82) is 0 Å². The van der Waals surface area contributed by atoms with Crippen molar-refractivity contribution in [3.63, 3.8) is 0 Å². The van der Waals surface area contributed by atoms with E-state index in [2.05, 4.69) is 33.8 Å². The van der Waals surface area contributed by atoms with Crippen LogP contribution in [0.5, 0.6) is 0 Å². The molecule has 0 unspecified atom stereocenters. The molecule has 1 heterocycles. The number of hydrogen-bond acceptors (Lipinski definition) is 2. The van der Waals surface area contributed by atoms with E-state index in [0.29, 0.717) is 10.0 Å². The topological polar surface area (TPSA) is 40.5 Å².